The number of halogens is 3. The van der Waals surface area contributed by atoms with Crippen molar-refractivity contribution in [3.63, 3.8) is 0 Å². The van der Waals surface area contributed by atoms with Crippen LogP contribution in [0.2, 0.25) is 0 Å². The van der Waals surface area contributed by atoms with Crippen molar-refractivity contribution in [2.24, 2.45) is 32.8 Å². The van der Waals surface area contributed by atoms with Gasteiger partial charge in [0.15, 0.2) is 5.72 Å². The highest BCUT2D eigenvalue weighted by molar-refractivity contribution is 6.16. The number of alkyl halides is 3. The Morgan fingerprint density at radius 2 is 2.06 bits per heavy atom. The maximum atomic E-state index is 13.5. The van der Waals surface area contributed by atoms with Crippen LogP contribution in [0.3, 0.4) is 0 Å². The average molecular weight is 470 g/mol. The van der Waals surface area contributed by atoms with Crippen LogP contribution in [0, 0.1) is 17.8 Å². The Morgan fingerprint density at radius 1 is 1.30 bits per heavy atom. The quantitative estimate of drug-likeness (QED) is 0.599. The van der Waals surface area contributed by atoms with E-state index in [1.54, 1.807) is 6.92 Å². The van der Waals surface area contributed by atoms with E-state index in [1.807, 2.05) is 26.1 Å². The fourth-order valence-corrected chi connectivity index (χ4v) is 5.19. The van der Waals surface area contributed by atoms with Crippen LogP contribution in [-0.4, -0.2) is 91.4 Å². The van der Waals surface area contributed by atoms with Crippen LogP contribution in [0.4, 0.5) is 13.2 Å². The maximum Gasteiger partial charge on any atom is 0.407 e. The summed E-state index contributed by atoms with van der Waals surface area (Å²) < 4.78 is 50.1. The molecule has 4 rings (SSSR count). The van der Waals surface area contributed by atoms with Crippen LogP contribution in [-0.2, 0) is 14.3 Å². The lowest BCUT2D eigenvalue weighted by Gasteiger charge is -2.37. The molecule has 0 aliphatic carbocycles. The van der Waals surface area contributed by atoms with Crippen LogP contribution in [0.15, 0.2) is 26.9 Å². The molecule has 5 unspecified atom stereocenters. The molecule has 4 heterocycles. The normalized spacial score (nSPS) is 36.3. The first-order chi connectivity index (χ1) is 15.6. The third-order valence-corrected chi connectivity index (χ3v) is 6.73. The van der Waals surface area contributed by atoms with Crippen molar-refractivity contribution in [3.8, 4) is 0 Å². The van der Waals surface area contributed by atoms with Crippen LogP contribution in [0.25, 0.3) is 0 Å². The van der Waals surface area contributed by atoms with Gasteiger partial charge >= 0.3 is 6.18 Å². The monoisotopic (exact) mass is 469 g/mol. The minimum Gasteiger partial charge on any atom is -0.377 e. The summed E-state index contributed by atoms with van der Waals surface area (Å²) in [7, 11) is 1.49. The topological polar surface area (TPSA) is 79.1 Å². The molecule has 33 heavy (non-hydrogen) atoms. The second kappa shape index (κ2) is 8.83. The Bertz CT molecular complexity index is 902. The summed E-state index contributed by atoms with van der Waals surface area (Å²) in [4.78, 5) is 24.4. The molecule has 4 aliphatic rings. The zero-order valence-electron chi connectivity index (χ0n) is 19.2. The molecule has 0 bridgehead atoms. The molecule has 1 amide bonds. The molecule has 182 valence electrons. The number of carbonyl (C=O) groups excluding carboxylic acids is 1. The average Bonchev–Trinajstić information content (AvgIpc) is 3.27. The van der Waals surface area contributed by atoms with Crippen molar-refractivity contribution in [2.75, 3.05) is 33.4 Å². The molecule has 11 heteroatoms. The number of amides is 1. The third kappa shape index (κ3) is 4.44. The number of likely N-dealkylation sites (tertiary alicyclic amines) is 1. The van der Waals surface area contributed by atoms with Gasteiger partial charge in [0, 0.05) is 37.8 Å². The van der Waals surface area contributed by atoms with Crippen LogP contribution in [0.5, 0.6) is 0 Å². The first-order valence-corrected chi connectivity index (χ1v) is 11.2. The van der Waals surface area contributed by atoms with Gasteiger partial charge in [-0.25, -0.2) is 0 Å². The molecule has 0 aromatic heterocycles. The fourth-order valence-electron chi connectivity index (χ4n) is 5.19. The van der Waals surface area contributed by atoms with Gasteiger partial charge in [-0.1, -0.05) is 13.0 Å². The van der Waals surface area contributed by atoms with E-state index in [9.17, 15) is 18.0 Å². The van der Waals surface area contributed by atoms with Crippen LogP contribution < -0.4 is 0 Å². The molecule has 0 N–H and O–H groups in total. The molecule has 4 aliphatic heterocycles. The van der Waals surface area contributed by atoms with E-state index in [4.69, 9.17) is 14.5 Å². The summed E-state index contributed by atoms with van der Waals surface area (Å²) in [5.41, 5.74) is 0.208. The van der Waals surface area contributed by atoms with Crippen molar-refractivity contribution >= 4 is 24.0 Å². The first-order valence-electron chi connectivity index (χ1n) is 11.2. The Morgan fingerprint density at radius 3 is 2.73 bits per heavy atom. The molecule has 0 saturated carbocycles. The van der Waals surface area contributed by atoms with E-state index >= 15 is 0 Å². The van der Waals surface area contributed by atoms with Gasteiger partial charge in [-0.05, 0) is 26.2 Å². The highest BCUT2D eigenvalue weighted by Gasteiger charge is 2.59. The number of hydrazone groups is 1. The Hall–Kier alpha value is -2.27. The molecule has 8 nitrogen and oxygen atoms in total. The minimum absolute atomic E-state index is 0.0176. The van der Waals surface area contributed by atoms with E-state index < -0.39 is 30.4 Å². The molecule has 6 atom stereocenters. The van der Waals surface area contributed by atoms with Crippen molar-refractivity contribution < 1.29 is 27.4 Å². The molecular formula is C22H30F3N5O3. The number of ether oxygens (including phenoxy) is 2. The molecule has 0 aromatic rings. The van der Waals surface area contributed by atoms with Crippen molar-refractivity contribution in [2.45, 2.75) is 51.2 Å². The number of allylic oxidation sites excluding steroid dienone is 2. The summed E-state index contributed by atoms with van der Waals surface area (Å²) in [5.74, 6) is -0.931. The van der Waals surface area contributed by atoms with Gasteiger partial charge in [-0.15, -0.1) is 0 Å². The summed E-state index contributed by atoms with van der Waals surface area (Å²) >= 11 is 0. The lowest BCUT2D eigenvalue weighted by atomic mass is 9.83. The third-order valence-electron chi connectivity index (χ3n) is 6.73. The molecule has 0 spiro atoms. The summed E-state index contributed by atoms with van der Waals surface area (Å²) in [6.07, 6.45) is 1.66. The standard InChI is InChI=1S/C22H30F3N5O3/c1-5-33-16-7-14(8-26-10-16)17-6-13(2)18-19(28-17)21(3,32-4)30(20(18)31)15-9-27-29(11-15)12-22(23,24)25/h6,8-9,13-16,18H,5,7,10-12H2,1-4H3/t13?,14?,15?,16?,18?,21-/m1/s1. The molecule has 1 fully saturated rings. The number of fused-ring (bicyclic) bond motifs is 1. The lowest BCUT2D eigenvalue weighted by molar-refractivity contribution is -0.152. The van der Waals surface area contributed by atoms with E-state index in [-0.39, 0.29) is 30.4 Å². The predicted octanol–water partition coefficient (Wildman–Crippen LogP) is 2.51. The lowest BCUT2D eigenvalue weighted by Crippen LogP contribution is -2.55. The molecular weight excluding hydrogens is 439 g/mol. The Labute approximate surface area is 191 Å². The van der Waals surface area contributed by atoms with E-state index in [0.717, 1.165) is 17.1 Å². The number of hydrogen-bond acceptors (Lipinski definition) is 7. The smallest absolute Gasteiger partial charge is 0.377 e. The zero-order valence-corrected chi connectivity index (χ0v) is 19.2. The number of nitrogens with zero attached hydrogens (tertiary/aromatic N) is 5. The summed E-state index contributed by atoms with van der Waals surface area (Å²) in [6.45, 7) is 5.66. The number of methoxy groups -OCH3 is 1. The number of aliphatic imine (C=N–C) groups is 2. The highest BCUT2D eigenvalue weighted by Crippen LogP contribution is 2.43. The number of hydrogen-bond donors (Lipinski definition) is 0. The second-order valence-electron chi connectivity index (χ2n) is 9.05. The summed E-state index contributed by atoms with van der Waals surface area (Å²) in [5, 5.41) is 4.81. The largest absolute Gasteiger partial charge is 0.407 e. The predicted molar refractivity (Wildman–Crippen MR) is 117 cm³/mol. The van der Waals surface area contributed by atoms with Gasteiger partial charge in [0.1, 0.15) is 6.54 Å². The van der Waals surface area contributed by atoms with E-state index in [2.05, 4.69) is 10.1 Å². The van der Waals surface area contributed by atoms with Crippen molar-refractivity contribution in [3.05, 3.63) is 11.8 Å². The number of carbonyl (C=O) groups is 1. The fraction of sp³-hybridized carbons (Fsp3) is 0.727. The SMILES string of the molecule is CCOC1CN=CC(C2=CC(C)C3C(=O)N(C4C=NN(CC(F)(F)F)C4)[C@](C)(OC)C3=N2)C1. The molecule has 1 saturated heterocycles. The minimum atomic E-state index is -4.38. The molecule has 0 radical (unpaired) electrons. The zero-order chi connectivity index (χ0) is 24.0. The Balaban J connectivity index is 1.60. The van der Waals surface area contributed by atoms with Crippen molar-refractivity contribution in [1.82, 2.24) is 9.91 Å². The van der Waals surface area contributed by atoms with E-state index in [1.165, 1.54) is 18.2 Å². The number of rotatable bonds is 6. The first kappa shape index (κ1) is 23.9. The van der Waals surface area contributed by atoms with Gasteiger partial charge < -0.3 is 9.47 Å². The van der Waals surface area contributed by atoms with Gasteiger partial charge in [0.05, 0.1) is 36.9 Å². The van der Waals surface area contributed by atoms with Crippen molar-refractivity contribution in [1.29, 1.82) is 0 Å². The highest BCUT2D eigenvalue weighted by atomic mass is 19.4. The summed E-state index contributed by atoms with van der Waals surface area (Å²) in [6, 6.07) is -0.646. The molecule has 0 aromatic carbocycles. The van der Waals surface area contributed by atoms with Gasteiger partial charge in [0.25, 0.3) is 0 Å². The Kier molecular flexibility index (Phi) is 6.38. The maximum absolute atomic E-state index is 13.5. The van der Waals surface area contributed by atoms with E-state index in [0.29, 0.717) is 18.9 Å². The van der Waals surface area contributed by atoms with Gasteiger partial charge in [-0.3, -0.25) is 24.7 Å². The van der Waals surface area contributed by atoms with Gasteiger partial charge in [0.2, 0.25) is 5.91 Å². The second-order valence-corrected chi connectivity index (χ2v) is 9.05. The van der Waals surface area contributed by atoms with Crippen LogP contribution >= 0.6 is 0 Å². The van der Waals surface area contributed by atoms with Gasteiger partial charge in [-0.2, -0.15) is 18.3 Å². The van der Waals surface area contributed by atoms with Crippen LogP contribution in [0.1, 0.15) is 27.2 Å².